The summed E-state index contributed by atoms with van der Waals surface area (Å²) in [5, 5.41) is 10.4. The number of carbonyl (C=O) groups excluding carboxylic acids is 2. The van der Waals surface area contributed by atoms with Crippen LogP contribution in [0.1, 0.15) is 38.7 Å². The smallest absolute Gasteiger partial charge is 0.304 e. The quantitative estimate of drug-likeness (QED) is 0.472. The summed E-state index contributed by atoms with van der Waals surface area (Å²) in [5.41, 5.74) is 9.52. The molecule has 0 spiro atoms. The van der Waals surface area contributed by atoms with Gasteiger partial charge in [-0.1, -0.05) is 41.9 Å². The Hall–Kier alpha value is -3.75. The number of pyridine rings is 1. The summed E-state index contributed by atoms with van der Waals surface area (Å²) in [4.78, 5) is 41.3. The van der Waals surface area contributed by atoms with Crippen molar-refractivity contribution in [3.63, 3.8) is 0 Å². The van der Waals surface area contributed by atoms with Gasteiger partial charge in [0.1, 0.15) is 5.69 Å². The third-order valence-corrected chi connectivity index (χ3v) is 5.04. The molecule has 0 saturated carbocycles. The predicted octanol–water partition coefficient (Wildman–Crippen LogP) is 3.24. The number of hydrogen-bond acceptors (Lipinski definition) is 5. The Morgan fingerprint density at radius 3 is 2.41 bits per heavy atom. The van der Waals surface area contributed by atoms with E-state index >= 15 is 0 Å². The van der Waals surface area contributed by atoms with Crippen molar-refractivity contribution in [3.8, 4) is 0 Å². The van der Waals surface area contributed by atoms with E-state index in [1.54, 1.807) is 54.6 Å². The predicted molar refractivity (Wildman–Crippen MR) is 120 cm³/mol. The zero-order valence-electron chi connectivity index (χ0n) is 16.9. The summed E-state index contributed by atoms with van der Waals surface area (Å²) in [7, 11) is 0. The highest BCUT2D eigenvalue weighted by Gasteiger charge is 2.25. The van der Waals surface area contributed by atoms with Crippen LogP contribution in [-0.4, -0.2) is 34.4 Å². The fourth-order valence-electron chi connectivity index (χ4n) is 3.09. The maximum absolute atomic E-state index is 13.3. The Labute approximate surface area is 189 Å². The van der Waals surface area contributed by atoms with Gasteiger partial charge in [-0.2, -0.15) is 0 Å². The lowest BCUT2D eigenvalue weighted by Gasteiger charge is -2.26. The minimum atomic E-state index is -1.00. The van der Waals surface area contributed by atoms with Gasteiger partial charge in [0.25, 0.3) is 11.8 Å². The van der Waals surface area contributed by atoms with Crippen LogP contribution in [0.5, 0.6) is 0 Å². The van der Waals surface area contributed by atoms with Crippen LogP contribution in [0.3, 0.4) is 0 Å². The SMILES string of the molecule is NC[C@H](CC(=O)O)c1ccc(Cl)c(N(NC(=O)c2ccccn2)C(=O)c2ccccc2)c1. The number of rotatable bonds is 7. The average molecular weight is 453 g/mol. The van der Waals surface area contributed by atoms with Crippen LogP contribution in [0, 0.1) is 0 Å². The van der Waals surface area contributed by atoms with E-state index in [4.69, 9.17) is 17.3 Å². The number of carboxylic acid groups (broad SMARTS) is 1. The summed E-state index contributed by atoms with van der Waals surface area (Å²) in [5.74, 6) is -2.64. The van der Waals surface area contributed by atoms with Gasteiger partial charge in [-0.05, 0) is 48.5 Å². The molecule has 0 aliphatic heterocycles. The molecule has 0 radical (unpaired) electrons. The van der Waals surface area contributed by atoms with Crippen molar-refractivity contribution in [2.75, 3.05) is 11.6 Å². The van der Waals surface area contributed by atoms with Crippen LogP contribution in [-0.2, 0) is 4.79 Å². The number of carbonyl (C=O) groups is 3. The number of benzene rings is 2. The van der Waals surface area contributed by atoms with Gasteiger partial charge in [0, 0.05) is 17.7 Å². The molecule has 3 aromatic rings. The summed E-state index contributed by atoms with van der Waals surface area (Å²) in [6.45, 7) is 0.0836. The highest BCUT2D eigenvalue weighted by Crippen LogP contribution is 2.31. The third kappa shape index (κ3) is 5.48. The molecule has 0 fully saturated rings. The largest absolute Gasteiger partial charge is 0.481 e. The molecule has 0 bridgehead atoms. The second-order valence-corrected chi connectivity index (χ2v) is 7.31. The first kappa shape index (κ1) is 22.9. The summed E-state index contributed by atoms with van der Waals surface area (Å²) in [6, 6.07) is 17.9. The number of amides is 2. The van der Waals surface area contributed by atoms with E-state index in [0.29, 0.717) is 11.1 Å². The van der Waals surface area contributed by atoms with Crippen LogP contribution in [0.25, 0.3) is 0 Å². The first-order valence-corrected chi connectivity index (χ1v) is 10.1. The van der Waals surface area contributed by atoms with Gasteiger partial charge in [0.05, 0.1) is 17.1 Å². The minimum Gasteiger partial charge on any atom is -0.481 e. The maximum Gasteiger partial charge on any atom is 0.304 e. The number of hydrogen-bond donors (Lipinski definition) is 3. The number of nitrogens with two attached hydrogens (primary N) is 1. The highest BCUT2D eigenvalue weighted by molar-refractivity contribution is 6.34. The van der Waals surface area contributed by atoms with Crippen LogP contribution < -0.4 is 16.2 Å². The van der Waals surface area contributed by atoms with Gasteiger partial charge in [-0.25, -0.2) is 5.01 Å². The van der Waals surface area contributed by atoms with Crippen molar-refractivity contribution in [1.82, 2.24) is 10.4 Å². The van der Waals surface area contributed by atoms with E-state index < -0.39 is 23.7 Å². The molecule has 1 heterocycles. The zero-order chi connectivity index (χ0) is 23.1. The minimum absolute atomic E-state index is 0.0836. The van der Waals surface area contributed by atoms with Crippen molar-refractivity contribution < 1.29 is 19.5 Å². The van der Waals surface area contributed by atoms with E-state index in [2.05, 4.69) is 10.4 Å². The van der Waals surface area contributed by atoms with E-state index in [9.17, 15) is 19.5 Å². The van der Waals surface area contributed by atoms with Gasteiger partial charge in [0.2, 0.25) is 0 Å². The summed E-state index contributed by atoms with van der Waals surface area (Å²) in [6.07, 6.45) is 1.27. The second kappa shape index (κ2) is 10.5. The zero-order valence-corrected chi connectivity index (χ0v) is 17.7. The monoisotopic (exact) mass is 452 g/mol. The molecule has 0 unspecified atom stereocenters. The lowest BCUT2D eigenvalue weighted by molar-refractivity contribution is -0.137. The number of nitrogens with one attached hydrogen (secondary N) is 1. The number of carboxylic acids is 1. The molecule has 2 amide bonds. The molecule has 4 N–H and O–H groups in total. The van der Waals surface area contributed by atoms with Gasteiger partial charge in [0.15, 0.2) is 0 Å². The molecule has 0 aliphatic rings. The Balaban J connectivity index is 2.04. The molecule has 8 nitrogen and oxygen atoms in total. The van der Waals surface area contributed by atoms with Gasteiger partial charge in [-0.15, -0.1) is 0 Å². The van der Waals surface area contributed by atoms with Crippen molar-refractivity contribution in [2.45, 2.75) is 12.3 Å². The van der Waals surface area contributed by atoms with Crippen molar-refractivity contribution in [3.05, 3.63) is 94.8 Å². The van der Waals surface area contributed by atoms with Crippen LogP contribution >= 0.6 is 11.6 Å². The molecule has 3 rings (SSSR count). The Morgan fingerprint density at radius 1 is 1.06 bits per heavy atom. The molecule has 2 aromatic carbocycles. The first-order chi connectivity index (χ1) is 15.4. The summed E-state index contributed by atoms with van der Waals surface area (Å²) >= 11 is 6.40. The molecule has 0 aliphatic carbocycles. The average Bonchev–Trinajstić information content (AvgIpc) is 2.82. The Morgan fingerprint density at radius 2 is 1.78 bits per heavy atom. The normalized spacial score (nSPS) is 11.4. The van der Waals surface area contributed by atoms with Gasteiger partial charge >= 0.3 is 5.97 Å². The Kier molecular flexibility index (Phi) is 7.54. The summed E-state index contributed by atoms with van der Waals surface area (Å²) < 4.78 is 0. The number of hydrazine groups is 1. The lowest BCUT2D eigenvalue weighted by Crippen LogP contribution is -2.47. The van der Waals surface area contributed by atoms with Crippen molar-refractivity contribution in [2.24, 2.45) is 5.73 Å². The fraction of sp³-hybridized carbons (Fsp3) is 0.130. The van der Waals surface area contributed by atoms with E-state index in [-0.39, 0.29) is 29.4 Å². The van der Waals surface area contributed by atoms with E-state index in [1.807, 2.05) is 0 Å². The number of nitrogens with zero attached hydrogens (tertiary/aromatic N) is 2. The third-order valence-electron chi connectivity index (χ3n) is 4.72. The molecule has 164 valence electrons. The molecular weight excluding hydrogens is 432 g/mol. The molecule has 1 aromatic heterocycles. The molecule has 9 heteroatoms. The molecular formula is C23H21ClN4O4. The molecule has 32 heavy (non-hydrogen) atoms. The highest BCUT2D eigenvalue weighted by atomic mass is 35.5. The Bertz CT molecular complexity index is 1110. The van der Waals surface area contributed by atoms with Crippen LogP contribution in [0.15, 0.2) is 72.9 Å². The lowest BCUT2D eigenvalue weighted by atomic mass is 9.95. The van der Waals surface area contributed by atoms with Gasteiger partial charge < -0.3 is 10.8 Å². The number of aromatic nitrogens is 1. The molecule has 1 atom stereocenters. The number of aliphatic carboxylic acids is 1. The van der Waals surface area contributed by atoms with Crippen molar-refractivity contribution in [1.29, 1.82) is 0 Å². The molecule has 0 saturated heterocycles. The maximum atomic E-state index is 13.3. The van der Waals surface area contributed by atoms with Gasteiger partial charge in [-0.3, -0.25) is 24.8 Å². The number of halogens is 1. The van der Waals surface area contributed by atoms with E-state index in [0.717, 1.165) is 5.01 Å². The van der Waals surface area contributed by atoms with Crippen molar-refractivity contribution >= 4 is 35.1 Å². The number of anilines is 1. The standard InChI is InChI=1S/C23H21ClN4O4/c24-18-10-9-16(17(14-25)13-21(29)30)12-20(18)28(23(32)15-6-2-1-3-7-15)27-22(31)19-8-4-5-11-26-19/h1-12,17H,13-14,25H2,(H,27,31)(H,29,30)/t17-/m0/s1. The second-order valence-electron chi connectivity index (χ2n) is 6.90. The fourth-order valence-corrected chi connectivity index (χ4v) is 3.29. The topological polar surface area (TPSA) is 126 Å². The first-order valence-electron chi connectivity index (χ1n) is 9.73. The van der Waals surface area contributed by atoms with Crippen LogP contribution in [0.2, 0.25) is 5.02 Å². The van der Waals surface area contributed by atoms with Crippen LogP contribution in [0.4, 0.5) is 5.69 Å². The van der Waals surface area contributed by atoms with E-state index in [1.165, 1.54) is 18.3 Å².